The number of nitrogens with zero attached hydrogens (tertiary/aromatic N) is 1. The Morgan fingerprint density at radius 1 is 1.16 bits per heavy atom. The molecular formula is C29H44N2O5S. The van der Waals surface area contributed by atoms with E-state index >= 15 is 0 Å². The van der Waals surface area contributed by atoms with Gasteiger partial charge in [-0.15, -0.1) is 11.8 Å². The molecule has 1 aliphatic heterocycles. The number of anilines is 1. The van der Waals surface area contributed by atoms with Crippen molar-refractivity contribution < 1.29 is 24.5 Å². The quantitative estimate of drug-likeness (QED) is 0.438. The Balaban J connectivity index is 1.47. The second-order valence-corrected chi connectivity index (χ2v) is 12.9. The van der Waals surface area contributed by atoms with Crippen molar-refractivity contribution in [3.63, 3.8) is 0 Å². The van der Waals surface area contributed by atoms with Crippen molar-refractivity contribution in [2.75, 3.05) is 31.3 Å². The Morgan fingerprint density at radius 3 is 2.57 bits per heavy atom. The van der Waals surface area contributed by atoms with Gasteiger partial charge in [-0.3, -0.25) is 10.1 Å². The van der Waals surface area contributed by atoms with E-state index < -0.39 is 23.7 Å². The van der Waals surface area contributed by atoms with Gasteiger partial charge < -0.3 is 19.8 Å². The number of aliphatic hydroxyl groups is 2. The largest absolute Gasteiger partial charge is 0.445 e. The van der Waals surface area contributed by atoms with Crippen molar-refractivity contribution >= 4 is 29.4 Å². The molecule has 0 spiro atoms. The minimum atomic E-state index is -0.659. The summed E-state index contributed by atoms with van der Waals surface area (Å²) in [4.78, 5) is 29.2. The van der Waals surface area contributed by atoms with Crippen LogP contribution in [0.3, 0.4) is 0 Å². The Morgan fingerprint density at radius 2 is 1.89 bits per heavy atom. The highest BCUT2D eigenvalue weighted by atomic mass is 32.2. The van der Waals surface area contributed by atoms with Gasteiger partial charge in [0.1, 0.15) is 6.10 Å². The second-order valence-electron chi connectivity index (χ2n) is 12.0. The third-order valence-electron chi connectivity index (χ3n) is 9.77. The van der Waals surface area contributed by atoms with Crippen molar-refractivity contribution in [3.8, 4) is 0 Å². The number of piperidine rings is 1. The monoisotopic (exact) mass is 532 g/mol. The van der Waals surface area contributed by atoms with Gasteiger partial charge in [0.15, 0.2) is 0 Å². The first-order chi connectivity index (χ1) is 17.6. The first kappa shape index (κ1) is 28.2. The van der Waals surface area contributed by atoms with Crippen LogP contribution in [0.5, 0.6) is 0 Å². The van der Waals surface area contributed by atoms with E-state index in [0.717, 1.165) is 43.7 Å². The molecule has 1 heterocycles. The summed E-state index contributed by atoms with van der Waals surface area (Å²) >= 11 is 1.60. The van der Waals surface area contributed by atoms with Crippen LogP contribution in [-0.4, -0.2) is 65.3 Å². The Labute approximate surface area is 225 Å². The van der Waals surface area contributed by atoms with Crippen LogP contribution in [-0.2, 0) is 9.53 Å². The zero-order valence-corrected chi connectivity index (χ0v) is 23.6. The smallest absolute Gasteiger partial charge is 0.411 e. The number of hydrogen-bond acceptors (Lipinski definition) is 6. The Bertz CT molecular complexity index is 967. The summed E-state index contributed by atoms with van der Waals surface area (Å²) in [6, 6.07) is 7.61. The van der Waals surface area contributed by atoms with Crippen LogP contribution in [0.2, 0.25) is 0 Å². The van der Waals surface area contributed by atoms with Crippen LogP contribution < -0.4 is 5.32 Å². The summed E-state index contributed by atoms with van der Waals surface area (Å²) in [6.45, 7) is 7.88. The molecule has 2 saturated carbocycles. The third kappa shape index (κ3) is 5.81. The van der Waals surface area contributed by atoms with E-state index in [9.17, 15) is 19.8 Å². The van der Waals surface area contributed by atoms with Gasteiger partial charge in [0, 0.05) is 35.5 Å². The fourth-order valence-corrected chi connectivity index (χ4v) is 7.79. The van der Waals surface area contributed by atoms with Gasteiger partial charge in [0.25, 0.3) is 0 Å². The number of amides is 2. The van der Waals surface area contributed by atoms with Gasteiger partial charge in [0.2, 0.25) is 5.91 Å². The van der Waals surface area contributed by atoms with Crippen LogP contribution in [0, 0.1) is 28.6 Å². The summed E-state index contributed by atoms with van der Waals surface area (Å²) < 4.78 is 5.96. The molecule has 3 N–H and O–H groups in total. The topological polar surface area (TPSA) is 99.1 Å². The Kier molecular flexibility index (Phi) is 8.81. The molecule has 1 aromatic rings. The number of thioether (sulfide) groups is 1. The summed E-state index contributed by atoms with van der Waals surface area (Å²) in [6.07, 6.45) is 5.52. The molecule has 4 rings (SSSR count). The molecule has 0 radical (unpaired) electrons. The van der Waals surface area contributed by atoms with Crippen molar-refractivity contribution in [1.29, 1.82) is 0 Å². The molecule has 6 unspecified atom stereocenters. The van der Waals surface area contributed by atoms with Crippen LogP contribution in [0.1, 0.15) is 65.7 Å². The standard InChI is InChI=1S/C29H44N2O5S/c1-19-11-14-31(15-12-19)26(34)17-22-23(33)8-9-24-28(22,2)13-10-25(29(24,3)18-32)36-27(35)30-20-6-5-7-21(16-20)37-4/h5-7,16,19,22-25,32-33H,8-15,17-18H2,1-4H3,(H,30,35). The van der Waals surface area contributed by atoms with Gasteiger partial charge >= 0.3 is 6.09 Å². The number of carbonyl (C=O) groups excluding carboxylic acids is 2. The third-order valence-corrected chi connectivity index (χ3v) is 10.5. The van der Waals surface area contributed by atoms with Crippen molar-refractivity contribution in [3.05, 3.63) is 24.3 Å². The number of nitrogens with one attached hydrogen (secondary N) is 1. The number of fused-ring (bicyclic) bond motifs is 1. The molecule has 0 aromatic heterocycles. The lowest BCUT2D eigenvalue weighted by Gasteiger charge is -2.60. The number of hydrogen-bond donors (Lipinski definition) is 3. The maximum Gasteiger partial charge on any atom is 0.411 e. The molecule has 1 saturated heterocycles. The van der Waals surface area contributed by atoms with E-state index in [0.29, 0.717) is 30.9 Å². The summed E-state index contributed by atoms with van der Waals surface area (Å²) in [5.41, 5.74) is -0.306. The van der Waals surface area contributed by atoms with Crippen LogP contribution in [0.4, 0.5) is 10.5 Å². The van der Waals surface area contributed by atoms with Crippen LogP contribution in [0.25, 0.3) is 0 Å². The molecule has 3 aliphatic rings. The maximum atomic E-state index is 13.3. The average Bonchev–Trinajstić information content (AvgIpc) is 2.88. The van der Waals surface area contributed by atoms with Crippen molar-refractivity contribution in [1.82, 2.24) is 4.90 Å². The predicted molar refractivity (Wildman–Crippen MR) is 146 cm³/mol. The number of carbonyl (C=O) groups is 2. The number of ether oxygens (including phenoxy) is 1. The lowest BCUT2D eigenvalue weighted by atomic mass is 9.46. The zero-order valence-electron chi connectivity index (χ0n) is 22.7. The van der Waals surface area contributed by atoms with Gasteiger partial charge in [-0.25, -0.2) is 4.79 Å². The van der Waals surface area contributed by atoms with Gasteiger partial charge in [-0.1, -0.05) is 26.8 Å². The molecule has 6 atom stereocenters. The molecule has 1 aromatic carbocycles. The van der Waals surface area contributed by atoms with Crippen molar-refractivity contribution in [2.24, 2.45) is 28.6 Å². The molecule has 2 amide bonds. The first-order valence-corrected chi connectivity index (χ1v) is 15.0. The molecule has 0 bridgehead atoms. The highest BCUT2D eigenvalue weighted by Crippen LogP contribution is 2.61. The van der Waals surface area contributed by atoms with E-state index in [-0.39, 0.29) is 29.8 Å². The SMILES string of the molecule is CSc1cccc(NC(=O)OC2CCC3(C)C(CC(=O)N4CCC(C)CC4)C(O)CCC3C2(C)CO)c1. The van der Waals surface area contributed by atoms with Gasteiger partial charge in [0.05, 0.1) is 12.7 Å². The molecule has 37 heavy (non-hydrogen) atoms. The minimum Gasteiger partial charge on any atom is -0.445 e. The number of rotatable bonds is 6. The average molecular weight is 533 g/mol. The van der Waals surface area contributed by atoms with Crippen LogP contribution >= 0.6 is 11.8 Å². The van der Waals surface area contributed by atoms with E-state index in [1.807, 2.05) is 42.3 Å². The molecule has 206 valence electrons. The number of aliphatic hydroxyl groups excluding tert-OH is 2. The highest BCUT2D eigenvalue weighted by Gasteiger charge is 2.60. The van der Waals surface area contributed by atoms with Gasteiger partial charge in [-0.05, 0) is 86.1 Å². The van der Waals surface area contributed by atoms with E-state index in [2.05, 4.69) is 19.2 Å². The number of likely N-dealkylation sites (tertiary alicyclic amines) is 1. The Hall–Kier alpha value is -1.77. The van der Waals surface area contributed by atoms with Crippen LogP contribution in [0.15, 0.2) is 29.2 Å². The fraction of sp³-hybridized carbons (Fsp3) is 0.724. The van der Waals surface area contributed by atoms with Crippen molar-refractivity contribution in [2.45, 2.75) is 82.8 Å². The summed E-state index contributed by atoms with van der Waals surface area (Å²) in [7, 11) is 0. The second kappa shape index (κ2) is 11.5. The lowest BCUT2D eigenvalue weighted by Crippen LogP contribution is -2.61. The molecular weight excluding hydrogens is 488 g/mol. The maximum absolute atomic E-state index is 13.3. The van der Waals surface area contributed by atoms with E-state index in [1.165, 1.54) is 0 Å². The molecule has 2 aliphatic carbocycles. The normalized spacial score (nSPS) is 34.5. The lowest BCUT2D eigenvalue weighted by molar-refractivity contribution is -0.186. The molecule has 8 heteroatoms. The molecule has 3 fully saturated rings. The predicted octanol–water partition coefficient (Wildman–Crippen LogP) is 5.16. The van der Waals surface area contributed by atoms with E-state index in [4.69, 9.17) is 4.74 Å². The van der Waals surface area contributed by atoms with Gasteiger partial charge in [-0.2, -0.15) is 0 Å². The summed E-state index contributed by atoms with van der Waals surface area (Å²) in [5.74, 6) is 0.638. The highest BCUT2D eigenvalue weighted by molar-refractivity contribution is 7.98. The minimum absolute atomic E-state index is 0.0268. The summed E-state index contributed by atoms with van der Waals surface area (Å²) in [5, 5.41) is 24.6. The first-order valence-electron chi connectivity index (χ1n) is 13.8. The number of benzene rings is 1. The van der Waals surface area contributed by atoms with E-state index in [1.54, 1.807) is 11.8 Å². The molecule has 7 nitrogen and oxygen atoms in total. The fourth-order valence-electron chi connectivity index (χ4n) is 7.33. The zero-order chi connectivity index (χ0) is 26.8.